The van der Waals surface area contributed by atoms with Crippen molar-refractivity contribution in [3.05, 3.63) is 77.9 Å². The van der Waals surface area contributed by atoms with Gasteiger partial charge in [-0.3, -0.25) is 9.10 Å². The lowest BCUT2D eigenvalue weighted by atomic mass is 9.96. The zero-order valence-electron chi connectivity index (χ0n) is 17.3. The van der Waals surface area contributed by atoms with Crippen LogP contribution in [-0.4, -0.2) is 33.7 Å². The molecule has 3 aromatic rings. The van der Waals surface area contributed by atoms with Crippen LogP contribution in [0.5, 0.6) is 0 Å². The molecule has 3 aromatic carbocycles. The number of anilines is 1. The second-order valence-electron chi connectivity index (χ2n) is 7.62. The highest BCUT2D eigenvalue weighted by Gasteiger charge is 2.22. The second-order valence-corrected chi connectivity index (χ2v) is 9.53. The number of hydrogen-bond acceptors (Lipinski definition) is 3. The van der Waals surface area contributed by atoms with E-state index >= 15 is 0 Å². The fourth-order valence-electron chi connectivity index (χ4n) is 3.43. The van der Waals surface area contributed by atoms with Crippen molar-refractivity contribution in [1.29, 1.82) is 0 Å². The van der Waals surface area contributed by atoms with Crippen LogP contribution in [0, 0.1) is 17.6 Å². The summed E-state index contributed by atoms with van der Waals surface area (Å²) in [5.41, 5.74) is 1.06. The number of benzene rings is 3. The Morgan fingerprint density at radius 2 is 1.74 bits per heavy atom. The Bertz CT molecular complexity index is 1190. The lowest BCUT2D eigenvalue weighted by Crippen LogP contribution is -2.41. The molecule has 31 heavy (non-hydrogen) atoms. The average molecular weight is 447 g/mol. The monoisotopic (exact) mass is 446 g/mol. The zero-order valence-corrected chi connectivity index (χ0v) is 18.1. The van der Waals surface area contributed by atoms with Crippen LogP contribution in [0.25, 0.3) is 10.8 Å². The van der Waals surface area contributed by atoms with Crippen LogP contribution in [0.3, 0.4) is 0 Å². The van der Waals surface area contributed by atoms with Crippen molar-refractivity contribution in [2.45, 2.75) is 13.3 Å². The standard InChI is InChI=1S/C23H24F2N2O3S/c1-16(12-18-8-5-7-17-6-3-4-9-20(17)18)14-26-23(28)15-27(31(2,29)30)19-10-11-21(24)22(25)13-19/h3-11,13,16H,12,14-15H2,1-2H3,(H,26,28). The van der Waals surface area contributed by atoms with E-state index in [1.165, 1.54) is 5.56 Å². The highest BCUT2D eigenvalue weighted by atomic mass is 32.2. The maximum absolute atomic E-state index is 13.5. The third kappa shape index (κ3) is 5.79. The quantitative estimate of drug-likeness (QED) is 0.571. The van der Waals surface area contributed by atoms with Gasteiger partial charge in [0.15, 0.2) is 11.6 Å². The highest BCUT2D eigenvalue weighted by Crippen LogP contribution is 2.22. The van der Waals surface area contributed by atoms with Gasteiger partial charge >= 0.3 is 0 Å². The molecule has 0 bridgehead atoms. The number of sulfonamides is 1. The van der Waals surface area contributed by atoms with E-state index in [0.29, 0.717) is 6.54 Å². The molecule has 0 heterocycles. The number of halogens is 2. The Morgan fingerprint density at radius 3 is 2.45 bits per heavy atom. The average Bonchev–Trinajstić information content (AvgIpc) is 2.72. The van der Waals surface area contributed by atoms with Crippen molar-refractivity contribution in [2.75, 3.05) is 23.7 Å². The molecule has 8 heteroatoms. The topological polar surface area (TPSA) is 66.5 Å². The van der Waals surface area contributed by atoms with Gasteiger partial charge < -0.3 is 5.32 Å². The Hall–Kier alpha value is -3.00. The van der Waals surface area contributed by atoms with Crippen molar-refractivity contribution in [3.8, 4) is 0 Å². The molecule has 0 aliphatic rings. The van der Waals surface area contributed by atoms with E-state index < -0.39 is 34.1 Å². The normalized spacial score (nSPS) is 12.5. The van der Waals surface area contributed by atoms with Crippen LogP contribution in [0.2, 0.25) is 0 Å². The van der Waals surface area contributed by atoms with Crippen LogP contribution in [-0.2, 0) is 21.2 Å². The SMILES string of the molecule is CC(CNC(=O)CN(c1ccc(F)c(F)c1)S(C)(=O)=O)Cc1cccc2ccccc12. The minimum atomic E-state index is -3.87. The molecule has 5 nitrogen and oxygen atoms in total. The summed E-state index contributed by atoms with van der Waals surface area (Å²) in [6.45, 7) is 1.81. The first-order chi connectivity index (χ1) is 14.6. The summed E-state index contributed by atoms with van der Waals surface area (Å²) in [5.74, 6) is -2.70. The van der Waals surface area contributed by atoms with Gasteiger partial charge in [0.2, 0.25) is 15.9 Å². The predicted molar refractivity (Wildman–Crippen MR) is 118 cm³/mol. The highest BCUT2D eigenvalue weighted by molar-refractivity contribution is 7.92. The molecule has 1 atom stereocenters. The summed E-state index contributed by atoms with van der Waals surface area (Å²) in [6.07, 6.45) is 1.64. The molecule has 0 saturated heterocycles. The molecule has 0 aliphatic carbocycles. The second kappa shape index (κ2) is 9.43. The number of carbonyl (C=O) groups excluding carboxylic acids is 1. The number of amides is 1. The van der Waals surface area contributed by atoms with Crippen LogP contribution in [0.15, 0.2) is 60.7 Å². The molecule has 1 unspecified atom stereocenters. The van der Waals surface area contributed by atoms with Crippen LogP contribution >= 0.6 is 0 Å². The van der Waals surface area contributed by atoms with Crippen molar-refractivity contribution in [3.63, 3.8) is 0 Å². The van der Waals surface area contributed by atoms with Crippen LogP contribution in [0.1, 0.15) is 12.5 Å². The van der Waals surface area contributed by atoms with E-state index in [1.54, 1.807) is 0 Å². The Morgan fingerprint density at radius 1 is 1.03 bits per heavy atom. The smallest absolute Gasteiger partial charge is 0.240 e. The molecular formula is C23H24F2N2O3S. The van der Waals surface area contributed by atoms with Gasteiger partial charge in [-0.2, -0.15) is 0 Å². The van der Waals surface area contributed by atoms with E-state index in [9.17, 15) is 22.0 Å². The fraction of sp³-hybridized carbons (Fsp3) is 0.261. The van der Waals surface area contributed by atoms with Gasteiger partial charge in [0.1, 0.15) is 6.54 Å². The number of fused-ring (bicyclic) bond motifs is 1. The molecule has 0 saturated carbocycles. The Labute approximate surface area is 180 Å². The van der Waals surface area contributed by atoms with E-state index in [-0.39, 0.29) is 11.6 Å². The summed E-state index contributed by atoms with van der Waals surface area (Å²) in [5, 5.41) is 5.04. The van der Waals surface area contributed by atoms with Crippen LogP contribution < -0.4 is 9.62 Å². The molecule has 164 valence electrons. The third-order valence-corrected chi connectivity index (χ3v) is 6.12. The number of carbonyl (C=O) groups is 1. The molecule has 3 rings (SSSR count). The lowest BCUT2D eigenvalue weighted by Gasteiger charge is -2.22. The summed E-state index contributed by atoms with van der Waals surface area (Å²) >= 11 is 0. The van der Waals surface area contributed by atoms with Crippen molar-refractivity contribution >= 4 is 32.4 Å². The van der Waals surface area contributed by atoms with Crippen LogP contribution in [0.4, 0.5) is 14.5 Å². The van der Waals surface area contributed by atoms with Gasteiger partial charge in [-0.25, -0.2) is 17.2 Å². The summed E-state index contributed by atoms with van der Waals surface area (Å²) < 4.78 is 51.7. The minimum Gasteiger partial charge on any atom is -0.354 e. The molecule has 0 aromatic heterocycles. The number of hydrogen-bond donors (Lipinski definition) is 1. The van der Waals surface area contributed by atoms with Gasteiger partial charge in [0.25, 0.3) is 0 Å². The van der Waals surface area contributed by atoms with E-state index in [2.05, 4.69) is 17.4 Å². The maximum atomic E-state index is 13.5. The molecule has 0 fully saturated rings. The number of nitrogens with zero attached hydrogens (tertiary/aromatic N) is 1. The molecular weight excluding hydrogens is 422 g/mol. The van der Waals surface area contributed by atoms with E-state index in [4.69, 9.17) is 0 Å². The van der Waals surface area contributed by atoms with E-state index in [0.717, 1.165) is 46.0 Å². The van der Waals surface area contributed by atoms with Gasteiger partial charge in [-0.1, -0.05) is 49.4 Å². The van der Waals surface area contributed by atoms with Gasteiger partial charge in [-0.15, -0.1) is 0 Å². The number of nitrogens with one attached hydrogen (secondary N) is 1. The summed E-state index contributed by atoms with van der Waals surface area (Å²) in [7, 11) is -3.87. The van der Waals surface area contributed by atoms with Gasteiger partial charge in [-0.05, 0) is 40.8 Å². The predicted octanol–water partition coefficient (Wildman–Crippen LogP) is 3.88. The first-order valence-corrected chi connectivity index (χ1v) is 11.7. The molecule has 0 aliphatic heterocycles. The maximum Gasteiger partial charge on any atom is 0.240 e. The van der Waals surface area contributed by atoms with Crippen molar-refractivity contribution < 1.29 is 22.0 Å². The van der Waals surface area contributed by atoms with Gasteiger partial charge in [0.05, 0.1) is 11.9 Å². The summed E-state index contributed by atoms with van der Waals surface area (Å²) in [6, 6.07) is 16.9. The zero-order chi connectivity index (χ0) is 22.6. The molecule has 0 spiro atoms. The number of rotatable bonds is 8. The first kappa shape index (κ1) is 22.7. The Kier molecular flexibility index (Phi) is 6.90. The van der Waals surface area contributed by atoms with Crippen molar-refractivity contribution in [1.82, 2.24) is 5.32 Å². The molecule has 1 N–H and O–H groups in total. The third-order valence-electron chi connectivity index (χ3n) is 4.97. The Balaban J connectivity index is 1.64. The molecule has 1 amide bonds. The van der Waals surface area contributed by atoms with Gasteiger partial charge in [0, 0.05) is 12.6 Å². The summed E-state index contributed by atoms with van der Waals surface area (Å²) in [4.78, 5) is 12.4. The molecule has 0 radical (unpaired) electrons. The van der Waals surface area contributed by atoms with Crippen molar-refractivity contribution in [2.24, 2.45) is 5.92 Å². The van der Waals surface area contributed by atoms with E-state index in [1.807, 2.05) is 37.3 Å². The lowest BCUT2D eigenvalue weighted by molar-refractivity contribution is -0.119. The largest absolute Gasteiger partial charge is 0.354 e. The minimum absolute atomic E-state index is 0.102. The fourth-order valence-corrected chi connectivity index (χ4v) is 4.28. The first-order valence-electron chi connectivity index (χ1n) is 9.81.